The number of nitrogens with zero attached hydrogens (tertiary/aromatic N) is 6. The van der Waals surface area contributed by atoms with E-state index in [4.69, 9.17) is 9.97 Å². The molecule has 12 aromatic carbocycles. The minimum atomic E-state index is 0.663. The van der Waals surface area contributed by atoms with Crippen LogP contribution in [0.15, 0.2) is 291 Å². The van der Waals surface area contributed by atoms with Gasteiger partial charge in [0.1, 0.15) is 0 Å². The zero-order chi connectivity index (χ0) is 53.8. The summed E-state index contributed by atoms with van der Waals surface area (Å²) in [5.74, 6) is 0.663. The number of para-hydroxylation sites is 7. The second kappa shape index (κ2) is 18.2. The lowest BCUT2D eigenvalue weighted by Gasteiger charge is -2.22. The second-order valence-electron chi connectivity index (χ2n) is 21.3. The van der Waals surface area contributed by atoms with Crippen LogP contribution in [0.3, 0.4) is 0 Å². The van der Waals surface area contributed by atoms with Gasteiger partial charge in [0.05, 0.1) is 66.9 Å². The van der Waals surface area contributed by atoms with Gasteiger partial charge in [-0.05, 0) is 91.0 Å². The van der Waals surface area contributed by atoms with Gasteiger partial charge in [-0.15, -0.1) is 0 Å². The van der Waals surface area contributed by atoms with Crippen LogP contribution >= 0.6 is 0 Å². The third kappa shape index (κ3) is 6.95. The van der Waals surface area contributed by atoms with Crippen LogP contribution in [-0.2, 0) is 0 Å². The molecule has 82 heavy (non-hydrogen) atoms. The Bertz CT molecular complexity index is 5020. The first-order valence-electron chi connectivity index (χ1n) is 28.0. The van der Waals surface area contributed by atoms with Crippen LogP contribution in [-0.4, -0.2) is 28.2 Å². The molecule has 0 bridgehead atoms. The largest absolute Gasteiger partial charge is 0.309 e. The summed E-state index contributed by atoms with van der Waals surface area (Å²) in [7, 11) is 0. The molecule has 6 heteroatoms. The predicted molar refractivity (Wildman–Crippen MR) is 341 cm³/mol. The highest BCUT2D eigenvalue weighted by atomic mass is 15.0. The van der Waals surface area contributed by atoms with E-state index in [1.807, 2.05) is 6.07 Å². The van der Waals surface area contributed by atoms with E-state index in [0.29, 0.717) is 5.82 Å². The molecule has 5 heterocycles. The Morgan fingerprint density at radius 1 is 0.220 bits per heavy atom. The summed E-state index contributed by atoms with van der Waals surface area (Å²) in [6.45, 7) is 0. The molecule has 0 aliphatic carbocycles. The van der Waals surface area contributed by atoms with Crippen LogP contribution in [0.2, 0.25) is 0 Å². The van der Waals surface area contributed by atoms with Crippen molar-refractivity contribution in [2.24, 2.45) is 0 Å². The Balaban J connectivity index is 1.00. The van der Waals surface area contributed by atoms with Crippen molar-refractivity contribution in [3.63, 3.8) is 0 Å². The topological polar surface area (TPSA) is 45.5 Å². The van der Waals surface area contributed by atoms with Crippen molar-refractivity contribution < 1.29 is 0 Å². The van der Waals surface area contributed by atoms with E-state index < -0.39 is 0 Å². The first kappa shape index (κ1) is 45.9. The SMILES string of the molecule is c1ccc(-c2cc(-c3cccc(-n4c5ccc(-n6c7ccccc7c7ccccc76)cc5c5cc(-n6c7ccccc7c7ccccc76)ccc54)c3-c3ccccc3-n3c4ccccc4c4ccccc43)nc(-c3ccccc3)n2)cc1. The van der Waals surface area contributed by atoms with Gasteiger partial charge in [-0.3, -0.25) is 0 Å². The number of fused-ring (bicyclic) bond motifs is 12. The van der Waals surface area contributed by atoms with Crippen molar-refractivity contribution in [1.29, 1.82) is 0 Å². The van der Waals surface area contributed by atoms with E-state index >= 15 is 0 Å². The summed E-state index contributed by atoms with van der Waals surface area (Å²) in [6.07, 6.45) is 0. The van der Waals surface area contributed by atoms with E-state index in [0.717, 1.165) is 94.8 Å². The number of aromatic nitrogens is 6. The Morgan fingerprint density at radius 3 is 1.06 bits per heavy atom. The molecular weight excluding hydrogens is 997 g/mol. The third-order valence-corrected chi connectivity index (χ3v) is 16.8. The van der Waals surface area contributed by atoms with E-state index in [2.05, 4.69) is 303 Å². The van der Waals surface area contributed by atoms with Crippen LogP contribution in [0.1, 0.15) is 0 Å². The molecule has 0 amide bonds. The number of hydrogen-bond acceptors (Lipinski definition) is 2. The number of rotatable bonds is 8. The smallest absolute Gasteiger partial charge is 0.160 e. The van der Waals surface area contributed by atoms with Crippen molar-refractivity contribution in [2.45, 2.75) is 0 Å². The van der Waals surface area contributed by atoms with E-state index in [1.54, 1.807) is 0 Å². The minimum absolute atomic E-state index is 0.663. The summed E-state index contributed by atoms with van der Waals surface area (Å²) in [5.41, 5.74) is 20.2. The van der Waals surface area contributed by atoms with Crippen molar-refractivity contribution in [3.05, 3.63) is 291 Å². The van der Waals surface area contributed by atoms with Gasteiger partial charge in [-0.2, -0.15) is 0 Å². The van der Waals surface area contributed by atoms with Crippen molar-refractivity contribution in [3.8, 4) is 67.8 Å². The molecule has 0 aliphatic rings. The Kier molecular flexibility index (Phi) is 10.2. The molecule has 5 aromatic heterocycles. The van der Waals surface area contributed by atoms with Crippen LogP contribution < -0.4 is 0 Å². The summed E-state index contributed by atoms with van der Waals surface area (Å²) in [6, 6.07) is 106. The highest BCUT2D eigenvalue weighted by molar-refractivity contribution is 6.15. The van der Waals surface area contributed by atoms with Gasteiger partial charge >= 0.3 is 0 Å². The van der Waals surface area contributed by atoms with Gasteiger partial charge in [-0.1, -0.05) is 200 Å². The van der Waals surface area contributed by atoms with E-state index in [-0.39, 0.29) is 0 Å². The lowest BCUT2D eigenvalue weighted by Crippen LogP contribution is -2.04. The maximum atomic E-state index is 5.57. The highest BCUT2D eigenvalue weighted by Crippen LogP contribution is 2.47. The van der Waals surface area contributed by atoms with Crippen molar-refractivity contribution in [1.82, 2.24) is 28.2 Å². The van der Waals surface area contributed by atoms with Crippen molar-refractivity contribution >= 4 is 87.2 Å². The molecule has 0 N–H and O–H groups in total. The standard InChI is InChI=1S/C76H48N6/c1-3-22-49(23-4-1)63-48-64(78-76(77-63)50-24-5-2-6-25-50)59-33-21-41-74(75(59)60-32-13-20-40-71(60)81-69-38-18-11-30-57(69)58-31-12-19-39-70(58)81)82-72-44-42-51(79-65-34-14-7-26-53(65)54-27-8-15-35-66(54)79)46-61(72)62-47-52(43-45-73(62)82)80-67-36-16-9-28-55(67)56-29-10-17-37-68(56)80/h1-48H. The highest BCUT2D eigenvalue weighted by Gasteiger charge is 2.26. The van der Waals surface area contributed by atoms with Gasteiger partial charge in [0, 0.05) is 82.3 Å². The molecule has 382 valence electrons. The first-order chi connectivity index (χ1) is 40.7. The number of hydrogen-bond donors (Lipinski definition) is 0. The van der Waals surface area contributed by atoms with Crippen molar-refractivity contribution in [2.75, 3.05) is 0 Å². The molecule has 0 atom stereocenters. The van der Waals surface area contributed by atoms with E-state index in [9.17, 15) is 0 Å². The average molecular weight is 1050 g/mol. The molecule has 0 saturated carbocycles. The van der Waals surface area contributed by atoms with Gasteiger partial charge in [0.2, 0.25) is 0 Å². The third-order valence-electron chi connectivity index (χ3n) is 16.8. The average Bonchev–Trinajstić information content (AvgIpc) is 3.13. The van der Waals surface area contributed by atoms with Crippen LogP contribution in [0.5, 0.6) is 0 Å². The fourth-order valence-corrected chi connectivity index (χ4v) is 13.3. The quantitative estimate of drug-likeness (QED) is 0.152. The monoisotopic (exact) mass is 1040 g/mol. The van der Waals surface area contributed by atoms with Crippen LogP contribution in [0.25, 0.3) is 155 Å². The Morgan fingerprint density at radius 2 is 0.573 bits per heavy atom. The summed E-state index contributed by atoms with van der Waals surface area (Å²) in [4.78, 5) is 10.9. The van der Waals surface area contributed by atoms with Gasteiger partial charge in [0.25, 0.3) is 0 Å². The molecule has 0 spiro atoms. The normalized spacial score (nSPS) is 11.9. The molecule has 0 fully saturated rings. The lowest BCUT2D eigenvalue weighted by molar-refractivity contribution is 1.15. The molecule has 17 rings (SSSR count). The maximum absolute atomic E-state index is 5.57. The molecule has 17 aromatic rings. The number of benzene rings is 12. The molecule has 0 unspecified atom stereocenters. The maximum Gasteiger partial charge on any atom is 0.160 e. The second-order valence-corrected chi connectivity index (χ2v) is 21.3. The summed E-state index contributed by atoms with van der Waals surface area (Å²) in [5, 5.41) is 9.62. The molecule has 0 aliphatic heterocycles. The van der Waals surface area contributed by atoms with Crippen LogP contribution in [0, 0.1) is 0 Å². The Labute approximate surface area is 471 Å². The predicted octanol–water partition coefficient (Wildman–Crippen LogP) is 19.5. The Hall–Kier alpha value is -11.1. The molecule has 6 nitrogen and oxygen atoms in total. The summed E-state index contributed by atoms with van der Waals surface area (Å²) >= 11 is 0. The van der Waals surface area contributed by atoms with E-state index in [1.165, 1.54) is 54.4 Å². The summed E-state index contributed by atoms with van der Waals surface area (Å²) < 4.78 is 9.83. The minimum Gasteiger partial charge on any atom is -0.309 e. The molecular formula is C76H48N6. The molecule has 0 saturated heterocycles. The van der Waals surface area contributed by atoms with Gasteiger partial charge < -0.3 is 18.3 Å². The first-order valence-corrected chi connectivity index (χ1v) is 28.0. The zero-order valence-electron chi connectivity index (χ0n) is 44.4. The molecule has 0 radical (unpaired) electrons. The fraction of sp³-hybridized carbons (Fsp3) is 0. The van der Waals surface area contributed by atoms with Crippen LogP contribution in [0.4, 0.5) is 0 Å². The fourth-order valence-electron chi connectivity index (χ4n) is 13.3. The van der Waals surface area contributed by atoms with Gasteiger partial charge in [-0.25, -0.2) is 9.97 Å². The zero-order valence-corrected chi connectivity index (χ0v) is 44.4. The van der Waals surface area contributed by atoms with Gasteiger partial charge in [0.15, 0.2) is 5.82 Å². The lowest BCUT2D eigenvalue weighted by atomic mass is 9.93.